The molecule has 5 heteroatoms. The van der Waals surface area contributed by atoms with Gasteiger partial charge in [-0.05, 0) is 49.6 Å². The van der Waals surface area contributed by atoms with Gasteiger partial charge in [-0.25, -0.2) is 0 Å². The lowest BCUT2D eigenvalue weighted by Gasteiger charge is -2.27. The van der Waals surface area contributed by atoms with Gasteiger partial charge in [-0.1, -0.05) is 18.2 Å². The lowest BCUT2D eigenvalue weighted by atomic mass is 9.96. The van der Waals surface area contributed by atoms with Crippen LogP contribution < -0.4 is 0 Å². The minimum Gasteiger partial charge on any atom is -0.331 e. The molecule has 1 spiro atoms. The highest BCUT2D eigenvalue weighted by molar-refractivity contribution is 5.95. The standard InChI is InChI=1S/C21H18FN3O/c1-13-15(4-3-11-23-13)14-5-6-16-18(12-14)25-17(7-8-19(25)22)20(26)24(2)21(16)9-10-21/h3-8,11-12H,9-10H2,1-2H3. The summed E-state index contributed by atoms with van der Waals surface area (Å²) in [4.78, 5) is 19.0. The molecule has 1 amide bonds. The number of pyridine rings is 1. The Labute approximate surface area is 150 Å². The van der Waals surface area contributed by atoms with Crippen LogP contribution in [0.1, 0.15) is 34.6 Å². The van der Waals surface area contributed by atoms with Crippen LogP contribution in [-0.4, -0.2) is 27.4 Å². The molecule has 1 saturated carbocycles. The van der Waals surface area contributed by atoms with Crippen LogP contribution in [0.15, 0.2) is 48.7 Å². The average molecular weight is 347 g/mol. The fourth-order valence-corrected chi connectivity index (χ4v) is 4.16. The Hall–Kier alpha value is -2.95. The zero-order valence-electron chi connectivity index (χ0n) is 14.7. The van der Waals surface area contributed by atoms with E-state index < -0.39 is 5.95 Å². The summed E-state index contributed by atoms with van der Waals surface area (Å²) >= 11 is 0. The maximum atomic E-state index is 14.7. The molecule has 3 heterocycles. The maximum Gasteiger partial charge on any atom is 0.271 e. The van der Waals surface area contributed by atoms with E-state index in [4.69, 9.17) is 0 Å². The molecule has 0 unspecified atom stereocenters. The topological polar surface area (TPSA) is 38.1 Å². The molecule has 0 N–H and O–H groups in total. The summed E-state index contributed by atoms with van der Waals surface area (Å²) in [6.45, 7) is 1.96. The average Bonchev–Trinajstić information content (AvgIpc) is 3.37. The predicted molar refractivity (Wildman–Crippen MR) is 96.7 cm³/mol. The molecule has 1 aliphatic heterocycles. The normalized spacial score (nSPS) is 17.0. The Morgan fingerprint density at radius 3 is 2.69 bits per heavy atom. The van der Waals surface area contributed by atoms with E-state index in [1.807, 2.05) is 44.3 Å². The number of hydrogen-bond donors (Lipinski definition) is 0. The molecule has 26 heavy (non-hydrogen) atoms. The van der Waals surface area contributed by atoms with Gasteiger partial charge in [-0.2, -0.15) is 4.39 Å². The van der Waals surface area contributed by atoms with Crippen molar-refractivity contribution in [3.8, 4) is 16.8 Å². The number of halogens is 1. The van der Waals surface area contributed by atoms with Gasteiger partial charge in [0.15, 0.2) is 5.95 Å². The molecule has 1 fully saturated rings. The SMILES string of the molecule is Cc1ncccc1-c1ccc2c(c1)-n1c(F)ccc1C(=O)N(C)C21CC1. The molecule has 0 atom stereocenters. The largest absolute Gasteiger partial charge is 0.331 e. The van der Waals surface area contributed by atoms with Crippen molar-refractivity contribution in [1.82, 2.24) is 14.5 Å². The molecule has 1 aliphatic carbocycles. The van der Waals surface area contributed by atoms with Crippen molar-refractivity contribution in [1.29, 1.82) is 0 Å². The second-order valence-corrected chi connectivity index (χ2v) is 7.14. The van der Waals surface area contributed by atoms with E-state index >= 15 is 0 Å². The zero-order valence-corrected chi connectivity index (χ0v) is 14.7. The zero-order chi connectivity index (χ0) is 18.1. The van der Waals surface area contributed by atoms with Gasteiger partial charge in [0.05, 0.1) is 11.2 Å². The van der Waals surface area contributed by atoms with Gasteiger partial charge in [0.25, 0.3) is 5.91 Å². The minimum absolute atomic E-state index is 0.137. The molecule has 2 aliphatic rings. The Bertz CT molecular complexity index is 1060. The first-order valence-electron chi connectivity index (χ1n) is 8.75. The van der Waals surface area contributed by atoms with Crippen LogP contribution in [0.5, 0.6) is 0 Å². The van der Waals surface area contributed by atoms with Crippen molar-refractivity contribution in [2.24, 2.45) is 0 Å². The molecular weight excluding hydrogens is 329 g/mol. The van der Waals surface area contributed by atoms with Gasteiger partial charge in [0, 0.05) is 30.1 Å². The van der Waals surface area contributed by atoms with Crippen molar-refractivity contribution in [3.63, 3.8) is 0 Å². The maximum absolute atomic E-state index is 14.7. The number of amides is 1. The second kappa shape index (κ2) is 5.04. The fourth-order valence-electron chi connectivity index (χ4n) is 4.16. The summed E-state index contributed by atoms with van der Waals surface area (Å²) in [6.07, 6.45) is 3.57. The molecule has 2 aromatic heterocycles. The van der Waals surface area contributed by atoms with Crippen molar-refractivity contribution in [2.75, 3.05) is 7.05 Å². The summed E-state index contributed by atoms with van der Waals surface area (Å²) in [6, 6.07) is 12.9. The first-order chi connectivity index (χ1) is 12.5. The van der Waals surface area contributed by atoms with Crippen LogP contribution in [-0.2, 0) is 5.54 Å². The summed E-state index contributed by atoms with van der Waals surface area (Å²) < 4.78 is 16.1. The van der Waals surface area contributed by atoms with E-state index in [0.717, 1.165) is 40.9 Å². The van der Waals surface area contributed by atoms with E-state index in [9.17, 15) is 9.18 Å². The Morgan fingerprint density at radius 2 is 1.96 bits per heavy atom. The Balaban J connectivity index is 1.82. The molecule has 0 saturated heterocycles. The van der Waals surface area contributed by atoms with E-state index in [1.165, 1.54) is 10.6 Å². The monoisotopic (exact) mass is 347 g/mol. The number of aromatic nitrogens is 2. The first kappa shape index (κ1) is 15.3. The van der Waals surface area contributed by atoms with Crippen LogP contribution in [0.3, 0.4) is 0 Å². The third-order valence-electron chi connectivity index (χ3n) is 5.78. The third kappa shape index (κ3) is 1.88. The van der Waals surface area contributed by atoms with Crippen LogP contribution in [0.4, 0.5) is 4.39 Å². The van der Waals surface area contributed by atoms with Crippen molar-refractivity contribution < 1.29 is 9.18 Å². The summed E-state index contributed by atoms with van der Waals surface area (Å²) in [7, 11) is 1.82. The van der Waals surface area contributed by atoms with E-state index in [0.29, 0.717) is 5.69 Å². The van der Waals surface area contributed by atoms with Gasteiger partial charge < -0.3 is 4.90 Å². The first-order valence-corrected chi connectivity index (χ1v) is 8.75. The quantitative estimate of drug-likeness (QED) is 0.666. The fraction of sp³-hybridized carbons (Fsp3) is 0.238. The number of hydrogen-bond acceptors (Lipinski definition) is 2. The van der Waals surface area contributed by atoms with Crippen LogP contribution in [0.25, 0.3) is 16.8 Å². The highest BCUT2D eigenvalue weighted by Gasteiger charge is 2.53. The highest BCUT2D eigenvalue weighted by atomic mass is 19.1. The van der Waals surface area contributed by atoms with Gasteiger partial charge in [0.2, 0.25) is 0 Å². The number of benzene rings is 1. The molecule has 1 aromatic carbocycles. The van der Waals surface area contributed by atoms with E-state index in [2.05, 4.69) is 4.98 Å². The van der Waals surface area contributed by atoms with Gasteiger partial charge >= 0.3 is 0 Å². The second-order valence-electron chi connectivity index (χ2n) is 7.14. The van der Waals surface area contributed by atoms with Crippen molar-refractivity contribution in [3.05, 3.63) is 71.6 Å². The number of fused-ring (bicyclic) bond motifs is 4. The van der Waals surface area contributed by atoms with Gasteiger partial charge in [-0.3, -0.25) is 14.3 Å². The summed E-state index contributed by atoms with van der Waals surface area (Å²) in [5.41, 5.74) is 4.71. The predicted octanol–water partition coefficient (Wildman–Crippen LogP) is 4.06. The molecule has 0 radical (unpaired) electrons. The molecule has 130 valence electrons. The summed E-state index contributed by atoms with van der Waals surface area (Å²) in [5, 5.41) is 0. The number of carbonyl (C=O) groups is 1. The van der Waals surface area contributed by atoms with Crippen LogP contribution in [0.2, 0.25) is 0 Å². The third-order valence-corrected chi connectivity index (χ3v) is 5.78. The molecular formula is C21H18FN3O. The van der Waals surface area contributed by atoms with Gasteiger partial charge in [0.1, 0.15) is 5.69 Å². The van der Waals surface area contributed by atoms with Crippen LogP contribution >= 0.6 is 0 Å². The molecule has 5 rings (SSSR count). The van der Waals surface area contributed by atoms with Crippen molar-refractivity contribution in [2.45, 2.75) is 25.3 Å². The van der Waals surface area contributed by atoms with Gasteiger partial charge in [-0.15, -0.1) is 0 Å². The van der Waals surface area contributed by atoms with E-state index in [1.54, 1.807) is 17.2 Å². The number of carbonyl (C=O) groups excluding carboxylic acids is 1. The van der Waals surface area contributed by atoms with Crippen molar-refractivity contribution >= 4 is 5.91 Å². The number of rotatable bonds is 1. The molecule has 0 bridgehead atoms. The summed E-state index contributed by atoms with van der Waals surface area (Å²) in [5.74, 6) is -0.553. The lowest BCUT2D eigenvalue weighted by Crippen LogP contribution is -2.36. The molecule has 3 aromatic rings. The Kier molecular flexibility index (Phi) is 2.97. The van der Waals surface area contributed by atoms with Crippen LogP contribution in [0, 0.1) is 12.9 Å². The number of nitrogens with zero attached hydrogens (tertiary/aromatic N) is 3. The highest BCUT2D eigenvalue weighted by Crippen LogP contribution is 2.54. The minimum atomic E-state index is -0.416. The van der Waals surface area contributed by atoms with E-state index in [-0.39, 0.29) is 11.4 Å². The molecule has 4 nitrogen and oxygen atoms in total. The lowest BCUT2D eigenvalue weighted by molar-refractivity contribution is 0.0704. The Morgan fingerprint density at radius 1 is 1.15 bits per heavy atom. The number of aryl methyl sites for hydroxylation is 1. The smallest absolute Gasteiger partial charge is 0.271 e.